The van der Waals surface area contributed by atoms with Crippen LogP contribution in [-0.4, -0.2) is 30.5 Å². The highest BCUT2D eigenvalue weighted by molar-refractivity contribution is 5.93. The molecular weight excluding hydrogens is 388 g/mol. The summed E-state index contributed by atoms with van der Waals surface area (Å²) in [5.74, 6) is 2.42. The van der Waals surface area contributed by atoms with Crippen molar-refractivity contribution >= 4 is 11.6 Å². The number of benzene rings is 1. The van der Waals surface area contributed by atoms with Crippen molar-refractivity contribution in [3.05, 3.63) is 47.0 Å². The van der Waals surface area contributed by atoms with Crippen molar-refractivity contribution in [1.29, 1.82) is 0 Å². The summed E-state index contributed by atoms with van der Waals surface area (Å²) in [6, 6.07) is 7.90. The number of amides is 1. The van der Waals surface area contributed by atoms with Crippen molar-refractivity contribution in [1.82, 2.24) is 24.5 Å². The van der Waals surface area contributed by atoms with Gasteiger partial charge in [-0.2, -0.15) is 5.10 Å². The van der Waals surface area contributed by atoms with Crippen molar-refractivity contribution in [3.63, 3.8) is 0 Å². The Morgan fingerprint density at radius 2 is 2.00 bits per heavy atom. The van der Waals surface area contributed by atoms with E-state index in [2.05, 4.69) is 39.0 Å². The topological polar surface area (TPSA) is 77.6 Å². The molecule has 0 atom stereocenters. The van der Waals surface area contributed by atoms with E-state index in [0.29, 0.717) is 12.3 Å². The number of hydrogen-bond acceptors (Lipinski definition) is 4. The fourth-order valence-electron chi connectivity index (χ4n) is 4.31. The molecule has 0 aliphatic carbocycles. The van der Waals surface area contributed by atoms with E-state index in [-0.39, 0.29) is 5.91 Å². The number of hydrogen-bond donors (Lipinski definition) is 1. The Bertz CT molecular complexity index is 1080. The van der Waals surface area contributed by atoms with Crippen LogP contribution in [0.3, 0.4) is 0 Å². The first-order valence-electron chi connectivity index (χ1n) is 11.3. The molecule has 7 nitrogen and oxygen atoms in total. The second-order valence-electron chi connectivity index (χ2n) is 8.93. The van der Waals surface area contributed by atoms with Crippen LogP contribution in [0.25, 0.3) is 11.4 Å². The molecule has 7 heteroatoms. The van der Waals surface area contributed by atoms with Crippen LogP contribution in [-0.2, 0) is 30.7 Å². The van der Waals surface area contributed by atoms with Crippen molar-refractivity contribution in [3.8, 4) is 11.4 Å². The molecule has 0 saturated carbocycles. The lowest BCUT2D eigenvalue weighted by Gasteiger charge is -2.10. The van der Waals surface area contributed by atoms with Gasteiger partial charge in [0.2, 0.25) is 5.91 Å². The maximum Gasteiger partial charge on any atom is 0.228 e. The van der Waals surface area contributed by atoms with Crippen LogP contribution >= 0.6 is 0 Å². The van der Waals surface area contributed by atoms with Crippen LogP contribution in [0.5, 0.6) is 0 Å². The normalized spacial score (nSPS) is 13.8. The number of aryl methyl sites for hydroxylation is 2. The molecule has 1 aliphatic rings. The van der Waals surface area contributed by atoms with Gasteiger partial charge in [-0.05, 0) is 44.7 Å². The van der Waals surface area contributed by atoms with Gasteiger partial charge in [0.25, 0.3) is 0 Å². The Morgan fingerprint density at radius 3 is 2.81 bits per heavy atom. The molecule has 31 heavy (non-hydrogen) atoms. The summed E-state index contributed by atoms with van der Waals surface area (Å²) in [6.45, 7) is 10.2. The minimum absolute atomic E-state index is 0.0347. The molecule has 3 aromatic rings. The Kier molecular flexibility index (Phi) is 6.20. The number of nitrogens with one attached hydrogen (secondary N) is 1. The summed E-state index contributed by atoms with van der Waals surface area (Å²) in [5.41, 5.74) is 4.76. The molecule has 0 saturated heterocycles. The van der Waals surface area contributed by atoms with E-state index in [9.17, 15) is 4.79 Å². The van der Waals surface area contributed by atoms with E-state index >= 15 is 0 Å². The molecule has 4 rings (SSSR count). The monoisotopic (exact) mass is 420 g/mol. The van der Waals surface area contributed by atoms with E-state index in [0.717, 1.165) is 65.8 Å². The second-order valence-corrected chi connectivity index (χ2v) is 8.93. The van der Waals surface area contributed by atoms with Crippen molar-refractivity contribution in [2.24, 2.45) is 5.92 Å². The number of aromatic nitrogens is 5. The summed E-state index contributed by atoms with van der Waals surface area (Å²) < 4.78 is 4.24. The van der Waals surface area contributed by atoms with Gasteiger partial charge in [0.1, 0.15) is 5.82 Å². The largest absolute Gasteiger partial charge is 0.326 e. The number of rotatable bonds is 6. The molecule has 0 unspecified atom stereocenters. The Hall–Kier alpha value is -2.96. The molecule has 164 valence electrons. The van der Waals surface area contributed by atoms with Gasteiger partial charge in [0, 0.05) is 42.0 Å². The van der Waals surface area contributed by atoms with Crippen LogP contribution in [0.4, 0.5) is 5.69 Å². The number of anilines is 1. The van der Waals surface area contributed by atoms with Crippen molar-refractivity contribution in [2.75, 3.05) is 5.32 Å². The van der Waals surface area contributed by atoms with E-state index in [1.54, 1.807) is 0 Å². The van der Waals surface area contributed by atoms with Gasteiger partial charge in [-0.3, -0.25) is 9.48 Å². The van der Waals surface area contributed by atoms with Crippen molar-refractivity contribution < 1.29 is 4.79 Å². The first kappa shape index (κ1) is 21.3. The minimum atomic E-state index is -0.0347. The quantitative estimate of drug-likeness (QED) is 0.644. The molecule has 0 radical (unpaired) electrons. The zero-order valence-corrected chi connectivity index (χ0v) is 19.0. The van der Waals surface area contributed by atoms with Gasteiger partial charge < -0.3 is 9.88 Å². The molecule has 3 heterocycles. The summed E-state index contributed by atoms with van der Waals surface area (Å²) in [4.78, 5) is 12.8. The van der Waals surface area contributed by atoms with Crippen LogP contribution < -0.4 is 5.32 Å². The summed E-state index contributed by atoms with van der Waals surface area (Å²) in [7, 11) is 0. The van der Waals surface area contributed by atoms with E-state index in [1.807, 2.05) is 42.8 Å². The lowest BCUT2D eigenvalue weighted by Crippen LogP contribution is -2.15. The third-order valence-corrected chi connectivity index (χ3v) is 5.92. The number of nitrogens with zero attached hydrogens (tertiary/aromatic N) is 5. The summed E-state index contributed by atoms with van der Waals surface area (Å²) in [5, 5.41) is 16.5. The average molecular weight is 421 g/mol. The Labute approximate surface area is 183 Å². The lowest BCUT2D eigenvalue weighted by molar-refractivity contribution is -0.115. The maximum atomic E-state index is 12.8. The Balaban J connectivity index is 1.49. The van der Waals surface area contributed by atoms with Gasteiger partial charge in [0.05, 0.1) is 12.1 Å². The molecule has 0 fully saturated rings. The second kappa shape index (κ2) is 9.04. The van der Waals surface area contributed by atoms with E-state index in [4.69, 9.17) is 0 Å². The van der Waals surface area contributed by atoms with Crippen molar-refractivity contribution in [2.45, 2.75) is 72.9 Å². The molecule has 1 amide bonds. The van der Waals surface area contributed by atoms with Gasteiger partial charge in [-0.15, -0.1) is 10.2 Å². The van der Waals surface area contributed by atoms with Gasteiger partial charge >= 0.3 is 0 Å². The molecule has 2 aromatic heterocycles. The van der Waals surface area contributed by atoms with Crippen LogP contribution in [0.1, 0.15) is 55.9 Å². The molecular formula is C24H32N6O. The predicted molar refractivity (Wildman–Crippen MR) is 122 cm³/mol. The molecule has 0 spiro atoms. The fourth-order valence-corrected chi connectivity index (χ4v) is 4.31. The smallest absolute Gasteiger partial charge is 0.228 e. The first-order chi connectivity index (χ1) is 14.9. The summed E-state index contributed by atoms with van der Waals surface area (Å²) >= 11 is 0. The number of carbonyl (C=O) groups is 1. The number of fused-ring (bicyclic) bond motifs is 1. The zero-order valence-electron chi connectivity index (χ0n) is 19.0. The molecule has 1 N–H and O–H groups in total. The lowest BCUT2D eigenvalue weighted by atomic mass is 10.1. The zero-order chi connectivity index (χ0) is 22.0. The summed E-state index contributed by atoms with van der Waals surface area (Å²) in [6.07, 6.45) is 4.84. The van der Waals surface area contributed by atoms with E-state index in [1.165, 1.54) is 12.8 Å². The standard InChI is InChI=1S/C24H32N6O/c1-16(2)15-30-18(4)21(17(3)28-30)14-23(31)25-20-10-8-9-19(13-20)24-27-26-22-11-6-5-7-12-29(22)24/h8-10,13,16H,5-7,11-12,14-15H2,1-4H3,(H,25,31). The minimum Gasteiger partial charge on any atom is -0.326 e. The molecule has 1 aliphatic heterocycles. The third-order valence-electron chi connectivity index (χ3n) is 5.92. The van der Waals surface area contributed by atoms with E-state index < -0.39 is 0 Å². The van der Waals surface area contributed by atoms with Crippen LogP contribution in [0.2, 0.25) is 0 Å². The fraction of sp³-hybridized carbons (Fsp3) is 0.500. The highest BCUT2D eigenvalue weighted by Gasteiger charge is 2.18. The van der Waals surface area contributed by atoms with Gasteiger partial charge in [0.15, 0.2) is 5.82 Å². The highest BCUT2D eigenvalue weighted by atomic mass is 16.1. The van der Waals surface area contributed by atoms with Gasteiger partial charge in [-0.25, -0.2) is 0 Å². The first-order valence-corrected chi connectivity index (χ1v) is 11.3. The van der Waals surface area contributed by atoms with Gasteiger partial charge in [-0.1, -0.05) is 32.4 Å². The number of carbonyl (C=O) groups excluding carboxylic acids is 1. The third kappa shape index (κ3) is 4.70. The molecule has 1 aromatic carbocycles. The van der Waals surface area contributed by atoms with Crippen LogP contribution in [0.15, 0.2) is 24.3 Å². The predicted octanol–water partition coefficient (Wildman–Crippen LogP) is 4.32. The average Bonchev–Trinajstić information content (AvgIpc) is 3.13. The molecule has 0 bridgehead atoms. The maximum absolute atomic E-state index is 12.8. The Morgan fingerprint density at radius 1 is 1.16 bits per heavy atom. The van der Waals surface area contributed by atoms with Crippen LogP contribution in [0, 0.1) is 19.8 Å². The highest BCUT2D eigenvalue weighted by Crippen LogP contribution is 2.25. The SMILES string of the molecule is Cc1nn(CC(C)C)c(C)c1CC(=O)Nc1cccc(-c2nnc3n2CCCCC3)c1.